The van der Waals surface area contributed by atoms with Gasteiger partial charge >= 0.3 is 5.69 Å². The Hall–Kier alpha value is -3.09. The number of oxazole rings is 1. The molecule has 0 aliphatic rings. The summed E-state index contributed by atoms with van der Waals surface area (Å²) in [6.45, 7) is 0.471. The second-order valence-corrected chi connectivity index (χ2v) is 4.94. The van der Waals surface area contributed by atoms with Gasteiger partial charge in [-0.2, -0.15) is 4.98 Å². The summed E-state index contributed by atoms with van der Waals surface area (Å²) in [7, 11) is 0. The van der Waals surface area contributed by atoms with Crippen molar-refractivity contribution in [3.05, 3.63) is 58.3 Å². The molecule has 0 atom stereocenters. The zero-order valence-electron chi connectivity index (χ0n) is 11.3. The molecular formula is C15H11FN4O2. The Balaban J connectivity index is 1.57. The first kappa shape index (κ1) is 12.6. The van der Waals surface area contributed by atoms with Gasteiger partial charge in [0.1, 0.15) is 11.3 Å². The van der Waals surface area contributed by atoms with Gasteiger partial charge < -0.3 is 19.7 Å². The lowest BCUT2D eigenvalue weighted by Crippen LogP contribution is -1.99. The average molecular weight is 298 g/mol. The number of imidazole rings is 1. The van der Waals surface area contributed by atoms with Crippen LogP contribution in [0.3, 0.4) is 0 Å². The van der Waals surface area contributed by atoms with Crippen molar-refractivity contribution in [3.63, 3.8) is 0 Å². The van der Waals surface area contributed by atoms with Crippen molar-refractivity contribution in [3.8, 4) is 0 Å². The number of fused-ring (bicyclic) bond motifs is 2. The number of aromatic nitrogens is 3. The fraction of sp³-hybridized carbons (Fsp3) is 0.0667. The number of rotatable bonds is 3. The number of halogens is 1. The van der Waals surface area contributed by atoms with E-state index in [1.54, 1.807) is 6.07 Å². The maximum atomic E-state index is 13.1. The van der Waals surface area contributed by atoms with Gasteiger partial charge in [0.2, 0.25) is 0 Å². The molecule has 110 valence electrons. The van der Waals surface area contributed by atoms with E-state index in [2.05, 4.69) is 20.3 Å². The summed E-state index contributed by atoms with van der Waals surface area (Å²) in [5.41, 5.74) is 3.20. The highest BCUT2D eigenvalue weighted by molar-refractivity contribution is 5.75. The maximum Gasteiger partial charge on any atom is 0.323 e. The molecule has 2 heterocycles. The summed E-state index contributed by atoms with van der Waals surface area (Å²) in [5, 5.41) is 3.04. The zero-order chi connectivity index (χ0) is 15.1. The van der Waals surface area contributed by atoms with Crippen LogP contribution in [-0.4, -0.2) is 15.0 Å². The molecule has 3 N–H and O–H groups in total. The molecule has 2 aromatic heterocycles. The molecule has 7 heteroatoms. The molecular weight excluding hydrogens is 287 g/mol. The van der Waals surface area contributed by atoms with Crippen molar-refractivity contribution < 1.29 is 8.81 Å². The number of aromatic amines is 2. The van der Waals surface area contributed by atoms with E-state index in [1.807, 2.05) is 18.2 Å². The summed E-state index contributed by atoms with van der Waals surface area (Å²) in [6, 6.07) is 10.1. The molecule has 4 aromatic rings. The SMILES string of the molecule is O=c1[nH]c2ccc(CNc3nc4cc(F)ccc4o3)cc2[nH]1. The summed E-state index contributed by atoms with van der Waals surface area (Å²) < 4.78 is 18.6. The summed E-state index contributed by atoms with van der Waals surface area (Å²) >= 11 is 0. The molecule has 0 unspecified atom stereocenters. The van der Waals surface area contributed by atoms with Crippen LogP contribution in [0.5, 0.6) is 0 Å². The molecule has 0 amide bonds. The Morgan fingerprint density at radius 2 is 2.00 bits per heavy atom. The molecule has 2 aromatic carbocycles. The van der Waals surface area contributed by atoms with Gasteiger partial charge in [-0.05, 0) is 29.8 Å². The highest BCUT2D eigenvalue weighted by Gasteiger charge is 2.07. The lowest BCUT2D eigenvalue weighted by molar-refractivity contribution is 0.610. The van der Waals surface area contributed by atoms with Crippen molar-refractivity contribution in [2.75, 3.05) is 5.32 Å². The van der Waals surface area contributed by atoms with Crippen molar-refractivity contribution in [1.82, 2.24) is 15.0 Å². The lowest BCUT2D eigenvalue weighted by Gasteiger charge is -2.01. The highest BCUT2D eigenvalue weighted by Crippen LogP contribution is 2.20. The lowest BCUT2D eigenvalue weighted by atomic mass is 10.2. The van der Waals surface area contributed by atoms with Crippen LogP contribution >= 0.6 is 0 Å². The van der Waals surface area contributed by atoms with Gasteiger partial charge in [-0.1, -0.05) is 6.07 Å². The van der Waals surface area contributed by atoms with Crippen molar-refractivity contribution in [2.45, 2.75) is 6.54 Å². The molecule has 22 heavy (non-hydrogen) atoms. The predicted molar refractivity (Wildman–Crippen MR) is 80.2 cm³/mol. The Morgan fingerprint density at radius 3 is 2.91 bits per heavy atom. The fourth-order valence-corrected chi connectivity index (χ4v) is 2.34. The summed E-state index contributed by atoms with van der Waals surface area (Å²) in [4.78, 5) is 20.8. The third-order valence-corrected chi connectivity index (χ3v) is 3.37. The van der Waals surface area contributed by atoms with Crippen LogP contribution in [0.4, 0.5) is 10.4 Å². The van der Waals surface area contributed by atoms with Gasteiger partial charge in [-0.25, -0.2) is 9.18 Å². The average Bonchev–Trinajstić information content (AvgIpc) is 3.05. The van der Waals surface area contributed by atoms with Gasteiger partial charge in [-0.15, -0.1) is 0 Å². The van der Waals surface area contributed by atoms with Crippen LogP contribution in [0.1, 0.15) is 5.56 Å². The molecule has 0 spiro atoms. The summed E-state index contributed by atoms with van der Waals surface area (Å²) in [6.07, 6.45) is 0. The van der Waals surface area contributed by atoms with E-state index in [-0.39, 0.29) is 11.5 Å². The van der Waals surface area contributed by atoms with Gasteiger partial charge in [-0.3, -0.25) is 0 Å². The Morgan fingerprint density at radius 1 is 1.14 bits per heavy atom. The first-order valence-corrected chi connectivity index (χ1v) is 6.68. The van der Waals surface area contributed by atoms with E-state index in [0.717, 1.165) is 16.6 Å². The highest BCUT2D eigenvalue weighted by atomic mass is 19.1. The molecule has 6 nitrogen and oxygen atoms in total. The second kappa shape index (κ2) is 4.73. The Labute approximate surface area is 123 Å². The van der Waals surface area contributed by atoms with Gasteiger partial charge in [0.25, 0.3) is 6.01 Å². The topological polar surface area (TPSA) is 86.7 Å². The monoisotopic (exact) mass is 298 g/mol. The molecule has 0 fully saturated rings. The van der Waals surface area contributed by atoms with Gasteiger partial charge in [0.15, 0.2) is 5.58 Å². The van der Waals surface area contributed by atoms with Crippen LogP contribution in [0.15, 0.2) is 45.6 Å². The molecule has 0 aliphatic carbocycles. The smallest absolute Gasteiger partial charge is 0.323 e. The van der Waals surface area contributed by atoms with Crippen molar-refractivity contribution in [1.29, 1.82) is 0 Å². The van der Waals surface area contributed by atoms with E-state index >= 15 is 0 Å². The van der Waals surface area contributed by atoms with Crippen molar-refractivity contribution in [2.24, 2.45) is 0 Å². The Bertz CT molecular complexity index is 1030. The number of benzene rings is 2. The molecule has 0 aliphatic heterocycles. The maximum absolute atomic E-state index is 13.1. The molecule has 0 saturated heterocycles. The molecule has 0 bridgehead atoms. The van der Waals surface area contributed by atoms with E-state index in [1.165, 1.54) is 12.1 Å². The third-order valence-electron chi connectivity index (χ3n) is 3.37. The van der Waals surface area contributed by atoms with Gasteiger partial charge in [0, 0.05) is 12.6 Å². The molecule has 4 rings (SSSR count). The number of nitrogens with one attached hydrogen (secondary N) is 3. The van der Waals surface area contributed by atoms with Crippen LogP contribution < -0.4 is 11.0 Å². The zero-order valence-corrected chi connectivity index (χ0v) is 11.3. The van der Waals surface area contributed by atoms with Crippen molar-refractivity contribution >= 4 is 28.1 Å². The number of hydrogen-bond donors (Lipinski definition) is 3. The quantitative estimate of drug-likeness (QED) is 0.543. The van der Waals surface area contributed by atoms with E-state index in [4.69, 9.17) is 4.42 Å². The van der Waals surface area contributed by atoms with Crippen LogP contribution in [0.25, 0.3) is 22.1 Å². The number of H-pyrrole nitrogens is 2. The second-order valence-electron chi connectivity index (χ2n) is 4.94. The van der Waals surface area contributed by atoms with Crippen LogP contribution in [-0.2, 0) is 6.54 Å². The van der Waals surface area contributed by atoms with E-state index < -0.39 is 0 Å². The predicted octanol–water partition coefficient (Wildman–Crippen LogP) is 2.75. The van der Waals surface area contributed by atoms with Crippen LogP contribution in [0, 0.1) is 5.82 Å². The van der Waals surface area contributed by atoms with Crippen LogP contribution in [0.2, 0.25) is 0 Å². The molecule has 0 saturated carbocycles. The normalized spacial score (nSPS) is 11.3. The fourth-order valence-electron chi connectivity index (χ4n) is 2.34. The largest absolute Gasteiger partial charge is 0.424 e. The first-order chi connectivity index (χ1) is 10.7. The standard InChI is InChI=1S/C15H11FN4O2/c16-9-2-4-13-12(6-9)20-15(22-13)17-7-8-1-3-10-11(5-8)19-14(21)18-10/h1-6H,7H2,(H,17,20)(H2,18,19,21). The van der Waals surface area contributed by atoms with E-state index in [9.17, 15) is 9.18 Å². The Kier molecular flexibility index (Phi) is 2.72. The third kappa shape index (κ3) is 2.22. The molecule has 0 radical (unpaired) electrons. The number of nitrogens with zero attached hydrogens (tertiary/aromatic N) is 1. The minimum absolute atomic E-state index is 0.235. The van der Waals surface area contributed by atoms with Gasteiger partial charge in [0.05, 0.1) is 11.0 Å². The van der Waals surface area contributed by atoms with E-state index in [0.29, 0.717) is 23.7 Å². The minimum Gasteiger partial charge on any atom is -0.424 e. The number of hydrogen-bond acceptors (Lipinski definition) is 4. The minimum atomic E-state index is -0.353. The first-order valence-electron chi connectivity index (χ1n) is 6.68. The number of anilines is 1. The summed E-state index contributed by atoms with van der Waals surface area (Å²) in [5.74, 6) is -0.353.